The molecule has 1 amide bonds. The van der Waals surface area contributed by atoms with Crippen molar-refractivity contribution in [2.75, 3.05) is 38.5 Å². The van der Waals surface area contributed by atoms with Gasteiger partial charge in [-0.15, -0.1) is 0 Å². The molecule has 0 saturated carbocycles. The minimum absolute atomic E-state index is 0.00386. The van der Waals surface area contributed by atoms with Crippen molar-refractivity contribution in [3.8, 4) is 5.75 Å². The van der Waals surface area contributed by atoms with Gasteiger partial charge in [0.15, 0.2) is 5.75 Å². The van der Waals surface area contributed by atoms with Gasteiger partial charge in [0.2, 0.25) is 0 Å². The third-order valence-corrected chi connectivity index (χ3v) is 5.44. The monoisotopic (exact) mass is 480 g/mol. The first-order chi connectivity index (χ1) is 15.9. The molecule has 2 aromatic rings. The Kier molecular flexibility index (Phi) is 7.78. The number of ether oxygens (including phenoxy) is 1. The van der Waals surface area contributed by atoms with E-state index in [0.717, 1.165) is 25.2 Å². The molecule has 0 spiro atoms. The number of alkyl halides is 3. The summed E-state index contributed by atoms with van der Waals surface area (Å²) >= 11 is 0. The molecule has 1 N–H and O–H groups in total. The number of anilines is 1. The van der Waals surface area contributed by atoms with Crippen molar-refractivity contribution >= 4 is 17.3 Å². The Balaban J connectivity index is 1.81. The van der Waals surface area contributed by atoms with Gasteiger partial charge in [-0.05, 0) is 50.7 Å². The largest absolute Gasteiger partial charge is 0.484 e. The van der Waals surface area contributed by atoms with E-state index in [1.165, 1.54) is 24.3 Å². The van der Waals surface area contributed by atoms with E-state index in [1.54, 1.807) is 13.8 Å². The molecule has 0 aliphatic carbocycles. The lowest BCUT2D eigenvalue weighted by atomic mass is 10.0. The lowest BCUT2D eigenvalue weighted by molar-refractivity contribution is -0.386. The fourth-order valence-corrected chi connectivity index (χ4v) is 3.66. The Bertz CT molecular complexity index is 1050. The normalized spacial score (nSPS) is 15.4. The predicted molar refractivity (Wildman–Crippen MR) is 121 cm³/mol. The van der Waals surface area contributed by atoms with Gasteiger partial charge < -0.3 is 15.0 Å². The van der Waals surface area contributed by atoms with Crippen LogP contribution >= 0.6 is 0 Å². The Hall–Kier alpha value is -3.18. The van der Waals surface area contributed by atoms with Crippen molar-refractivity contribution in [1.82, 2.24) is 9.80 Å². The second-order valence-corrected chi connectivity index (χ2v) is 8.51. The third-order valence-electron chi connectivity index (χ3n) is 5.44. The van der Waals surface area contributed by atoms with E-state index in [4.69, 9.17) is 4.74 Å². The number of nitrogens with one attached hydrogen (secondary N) is 1. The van der Waals surface area contributed by atoms with E-state index in [1.807, 2.05) is 11.9 Å². The van der Waals surface area contributed by atoms with Crippen LogP contribution in [0.1, 0.15) is 35.3 Å². The number of carbonyl (C=O) groups excluding carboxylic acids is 1. The molecule has 34 heavy (non-hydrogen) atoms. The minimum atomic E-state index is -4.60. The molecule has 8 nitrogen and oxygen atoms in total. The molecule has 1 saturated heterocycles. The van der Waals surface area contributed by atoms with Crippen molar-refractivity contribution in [3.05, 3.63) is 63.2 Å². The second kappa shape index (κ2) is 10.4. The Morgan fingerprint density at radius 3 is 2.41 bits per heavy atom. The number of nitrogens with zero attached hydrogens (tertiary/aromatic N) is 3. The number of nitro benzene ring substituents is 1. The zero-order valence-corrected chi connectivity index (χ0v) is 19.2. The molecule has 0 aromatic heterocycles. The van der Waals surface area contributed by atoms with E-state index in [-0.39, 0.29) is 35.2 Å². The van der Waals surface area contributed by atoms with Crippen LogP contribution in [-0.2, 0) is 12.7 Å². The fraction of sp³-hybridized carbons (Fsp3) is 0.435. The summed E-state index contributed by atoms with van der Waals surface area (Å²) in [6.07, 6.45) is -4.92. The maximum atomic E-state index is 13.8. The molecule has 11 heteroatoms. The molecule has 2 aromatic carbocycles. The number of benzene rings is 2. The average molecular weight is 480 g/mol. The van der Waals surface area contributed by atoms with E-state index in [0.29, 0.717) is 13.1 Å². The number of hydrogen-bond acceptors (Lipinski definition) is 6. The van der Waals surface area contributed by atoms with Gasteiger partial charge in [0, 0.05) is 50.0 Å². The SMILES string of the molecule is CC(C)Oc1ccc(C(=O)Nc2ccc(CN3CCN(C)CC3)c(C(F)(F)F)c2)cc1[N+](=O)[O-]. The highest BCUT2D eigenvalue weighted by molar-refractivity contribution is 6.04. The highest BCUT2D eigenvalue weighted by Crippen LogP contribution is 2.35. The minimum Gasteiger partial charge on any atom is -0.484 e. The molecule has 0 bridgehead atoms. The first kappa shape index (κ1) is 25.4. The number of piperazine rings is 1. The summed E-state index contributed by atoms with van der Waals surface area (Å²) in [6.45, 7) is 6.46. The molecule has 1 fully saturated rings. The molecule has 0 atom stereocenters. The van der Waals surface area contributed by atoms with Gasteiger partial charge in [-0.1, -0.05) is 6.07 Å². The maximum absolute atomic E-state index is 13.8. The summed E-state index contributed by atoms with van der Waals surface area (Å²) in [5.41, 5.74) is -1.22. The van der Waals surface area contributed by atoms with E-state index in [9.17, 15) is 28.1 Å². The number of amides is 1. The lowest BCUT2D eigenvalue weighted by Crippen LogP contribution is -2.44. The second-order valence-electron chi connectivity index (χ2n) is 8.51. The summed E-state index contributed by atoms with van der Waals surface area (Å²) in [4.78, 5) is 27.4. The predicted octanol–water partition coefficient (Wildman–Crippen LogP) is 4.40. The van der Waals surface area contributed by atoms with Crippen LogP contribution < -0.4 is 10.1 Å². The summed E-state index contributed by atoms with van der Waals surface area (Å²) in [5.74, 6) is -0.761. The van der Waals surface area contributed by atoms with Crippen molar-refractivity contribution in [2.45, 2.75) is 32.7 Å². The van der Waals surface area contributed by atoms with Crippen LogP contribution in [0.25, 0.3) is 0 Å². The Morgan fingerprint density at radius 2 is 1.82 bits per heavy atom. The number of carbonyl (C=O) groups is 1. The van der Waals surface area contributed by atoms with Gasteiger partial charge in [-0.25, -0.2) is 0 Å². The van der Waals surface area contributed by atoms with Crippen LogP contribution in [-0.4, -0.2) is 60.0 Å². The van der Waals surface area contributed by atoms with Crippen molar-refractivity contribution in [3.63, 3.8) is 0 Å². The van der Waals surface area contributed by atoms with Crippen molar-refractivity contribution in [1.29, 1.82) is 0 Å². The molecule has 0 unspecified atom stereocenters. The first-order valence-corrected chi connectivity index (χ1v) is 10.8. The van der Waals surface area contributed by atoms with Crippen LogP contribution in [0.5, 0.6) is 5.75 Å². The van der Waals surface area contributed by atoms with Crippen molar-refractivity contribution < 1.29 is 27.6 Å². The van der Waals surface area contributed by atoms with Gasteiger partial charge in [0.05, 0.1) is 16.6 Å². The number of rotatable bonds is 7. The zero-order valence-electron chi connectivity index (χ0n) is 19.2. The standard InChI is InChI=1S/C23H27F3N4O4/c1-15(2)34-21-7-5-16(12-20(21)30(32)33)22(31)27-18-6-4-17(19(13-18)23(24,25)26)14-29-10-8-28(3)9-11-29/h4-7,12-13,15H,8-11,14H2,1-3H3,(H,27,31). The smallest absolute Gasteiger partial charge is 0.416 e. The number of nitro groups is 1. The highest BCUT2D eigenvalue weighted by Gasteiger charge is 2.34. The first-order valence-electron chi connectivity index (χ1n) is 10.8. The van der Waals surface area contributed by atoms with Gasteiger partial charge in [-0.2, -0.15) is 13.2 Å². The Morgan fingerprint density at radius 1 is 1.15 bits per heavy atom. The summed E-state index contributed by atoms with van der Waals surface area (Å²) in [5, 5.41) is 13.8. The number of halogens is 3. The van der Waals surface area contributed by atoms with Crippen molar-refractivity contribution in [2.24, 2.45) is 0 Å². The van der Waals surface area contributed by atoms with Gasteiger partial charge in [0.25, 0.3) is 5.91 Å². The average Bonchev–Trinajstić information content (AvgIpc) is 2.75. The summed E-state index contributed by atoms with van der Waals surface area (Å²) in [7, 11) is 1.97. The molecular weight excluding hydrogens is 453 g/mol. The lowest BCUT2D eigenvalue weighted by Gasteiger charge is -2.33. The molecule has 1 heterocycles. The topological polar surface area (TPSA) is 88.0 Å². The molecule has 184 valence electrons. The van der Waals surface area contributed by atoms with Gasteiger partial charge >= 0.3 is 11.9 Å². The van der Waals surface area contributed by atoms with Crippen LogP contribution in [0.3, 0.4) is 0 Å². The van der Waals surface area contributed by atoms with Crippen LogP contribution in [0, 0.1) is 10.1 Å². The molecule has 3 rings (SSSR count). The summed E-state index contributed by atoms with van der Waals surface area (Å²) in [6, 6.07) is 7.33. The highest BCUT2D eigenvalue weighted by atomic mass is 19.4. The third kappa shape index (κ3) is 6.45. The molecule has 1 aliphatic rings. The van der Waals surface area contributed by atoms with Crippen LogP contribution in [0.15, 0.2) is 36.4 Å². The Labute approximate surface area is 195 Å². The summed E-state index contributed by atoms with van der Waals surface area (Å²) < 4.78 is 46.7. The van der Waals surface area contributed by atoms with Crippen LogP contribution in [0.4, 0.5) is 24.5 Å². The zero-order chi connectivity index (χ0) is 25.0. The maximum Gasteiger partial charge on any atom is 0.416 e. The fourth-order valence-electron chi connectivity index (χ4n) is 3.66. The molecular formula is C23H27F3N4O4. The number of likely N-dealkylation sites (N-methyl/N-ethyl adjacent to an activating group) is 1. The quantitative estimate of drug-likeness (QED) is 0.467. The molecule has 0 radical (unpaired) electrons. The van der Waals surface area contributed by atoms with E-state index in [2.05, 4.69) is 10.2 Å². The van der Waals surface area contributed by atoms with E-state index >= 15 is 0 Å². The number of hydrogen-bond donors (Lipinski definition) is 1. The molecule has 1 aliphatic heterocycles. The van der Waals surface area contributed by atoms with E-state index < -0.39 is 28.3 Å². The van der Waals surface area contributed by atoms with Crippen LogP contribution in [0.2, 0.25) is 0 Å². The van der Waals surface area contributed by atoms with Gasteiger partial charge in [0.1, 0.15) is 0 Å². The van der Waals surface area contributed by atoms with Gasteiger partial charge in [-0.3, -0.25) is 19.8 Å².